The van der Waals surface area contributed by atoms with Crippen molar-refractivity contribution in [3.05, 3.63) is 0 Å². The summed E-state index contributed by atoms with van der Waals surface area (Å²) in [4.78, 5) is 2.57. The van der Waals surface area contributed by atoms with Gasteiger partial charge in [0.05, 0.1) is 18.8 Å². The van der Waals surface area contributed by atoms with Crippen molar-refractivity contribution in [3.8, 4) is 0 Å². The quantitative estimate of drug-likeness (QED) is 0.790. The van der Waals surface area contributed by atoms with Crippen LogP contribution < -0.4 is 5.32 Å². The molecular weight excluding hydrogens is 228 g/mol. The number of ether oxygens (including phenoxy) is 1. The molecule has 106 valence electrons. The largest absolute Gasteiger partial charge is 0.394 e. The van der Waals surface area contributed by atoms with E-state index in [9.17, 15) is 5.11 Å². The molecule has 1 heterocycles. The van der Waals surface area contributed by atoms with E-state index in [0.29, 0.717) is 18.2 Å². The normalized spacial score (nSPS) is 43.0. The topological polar surface area (TPSA) is 44.7 Å². The Morgan fingerprint density at radius 1 is 1.33 bits per heavy atom. The van der Waals surface area contributed by atoms with Gasteiger partial charge in [0.2, 0.25) is 0 Å². The van der Waals surface area contributed by atoms with Crippen molar-refractivity contribution in [2.45, 2.75) is 63.3 Å². The maximum Gasteiger partial charge on any atom is 0.0678 e. The van der Waals surface area contributed by atoms with Crippen LogP contribution in [0.2, 0.25) is 0 Å². The number of hydrogen-bond acceptors (Lipinski definition) is 4. The number of hydrogen-bond donors (Lipinski definition) is 2. The lowest BCUT2D eigenvalue weighted by Gasteiger charge is -2.47. The monoisotopic (exact) mass is 256 g/mol. The first-order valence-electron chi connectivity index (χ1n) is 7.28. The van der Waals surface area contributed by atoms with Gasteiger partial charge in [-0.2, -0.15) is 0 Å². The van der Waals surface area contributed by atoms with E-state index in [4.69, 9.17) is 4.74 Å². The molecule has 0 aromatic heterocycles. The predicted octanol–water partition coefficient (Wildman–Crippen LogP) is 0.989. The minimum atomic E-state index is -0.0618. The smallest absolute Gasteiger partial charge is 0.0678 e. The average molecular weight is 256 g/mol. The number of aliphatic hydroxyl groups is 1. The summed E-state index contributed by atoms with van der Waals surface area (Å²) in [5.74, 6) is 0. The van der Waals surface area contributed by atoms with Crippen LogP contribution in [-0.2, 0) is 4.74 Å². The molecule has 1 aliphatic heterocycles. The van der Waals surface area contributed by atoms with Gasteiger partial charge < -0.3 is 15.2 Å². The highest BCUT2D eigenvalue weighted by molar-refractivity contribution is 4.96. The molecule has 2 fully saturated rings. The third kappa shape index (κ3) is 3.05. The lowest BCUT2D eigenvalue weighted by molar-refractivity contribution is -0.0895. The van der Waals surface area contributed by atoms with E-state index in [1.807, 2.05) is 7.05 Å². The molecule has 0 amide bonds. The van der Waals surface area contributed by atoms with Crippen molar-refractivity contribution in [2.24, 2.45) is 0 Å². The molecule has 18 heavy (non-hydrogen) atoms. The number of rotatable bonds is 3. The zero-order chi connectivity index (χ0) is 13.2. The molecule has 4 atom stereocenters. The minimum absolute atomic E-state index is 0.0618. The van der Waals surface area contributed by atoms with E-state index in [0.717, 1.165) is 25.9 Å². The summed E-state index contributed by atoms with van der Waals surface area (Å²) in [6.07, 6.45) is 5.25. The zero-order valence-corrected chi connectivity index (χ0v) is 12.0. The second-order valence-electron chi connectivity index (χ2n) is 6.15. The van der Waals surface area contributed by atoms with E-state index >= 15 is 0 Å². The Bertz CT molecular complexity index is 259. The van der Waals surface area contributed by atoms with Crippen molar-refractivity contribution in [1.29, 1.82) is 0 Å². The zero-order valence-electron chi connectivity index (χ0n) is 12.0. The van der Waals surface area contributed by atoms with Crippen LogP contribution in [0.3, 0.4) is 0 Å². The molecule has 2 unspecified atom stereocenters. The highest BCUT2D eigenvalue weighted by Crippen LogP contribution is 2.32. The molecule has 1 saturated heterocycles. The first kappa shape index (κ1) is 14.3. The maximum atomic E-state index is 9.66. The maximum absolute atomic E-state index is 9.66. The molecule has 1 aliphatic carbocycles. The summed E-state index contributed by atoms with van der Waals surface area (Å²) in [5.41, 5.74) is -0.0618. The fourth-order valence-corrected chi connectivity index (χ4v) is 3.61. The molecule has 2 N–H and O–H groups in total. The van der Waals surface area contributed by atoms with Gasteiger partial charge in [0.1, 0.15) is 0 Å². The first-order valence-corrected chi connectivity index (χ1v) is 7.28. The van der Waals surface area contributed by atoms with Crippen LogP contribution in [0.25, 0.3) is 0 Å². The van der Waals surface area contributed by atoms with Gasteiger partial charge >= 0.3 is 0 Å². The summed E-state index contributed by atoms with van der Waals surface area (Å²) in [6, 6.07) is 0.590. The Hall–Kier alpha value is -0.160. The standard InChI is InChI=1S/C14H28N2O2/c1-11-8-16(9-12(2)18-11)13-5-4-6-14(7-13,10-17)15-3/h11-13,15,17H,4-10H2,1-3H3/t11-,12+,13?,14?. The summed E-state index contributed by atoms with van der Waals surface area (Å²) in [6.45, 7) is 6.61. The van der Waals surface area contributed by atoms with Crippen LogP contribution >= 0.6 is 0 Å². The van der Waals surface area contributed by atoms with Crippen LogP contribution in [0, 0.1) is 0 Å². The van der Waals surface area contributed by atoms with E-state index < -0.39 is 0 Å². The van der Waals surface area contributed by atoms with Crippen LogP contribution in [0.1, 0.15) is 39.5 Å². The molecule has 2 aliphatic rings. The molecular formula is C14H28N2O2. The van der Waals surface area contributed by atoms with Gasteiger partial charge in [0.15, 0.2) is 0 Å². The Balaban J connectivity index is 1.99. The van der Waals surface area contributed by atoms with Gasteiger partial charge in [-0.15, -0.1) is 0 Å². The van der Waals surface area contributed by atoms with Gasteiger partial charge in [-0.25, -0.2) is 0 Å². The highest BCUT2D eigenvalue weighted by atomic mass is 16.5. The van der Waals surface area contributed by atoms with Crippen LogP contribution in [0.4, 0.5) is 0 Å². The average Bonchev–Trinajstić information content (AvgIpc) is 2.37. The van der Waals surface area contributed by atoms with Crippen molar-refractivity contribution < 1.29 is 9.84 Å². The van der Waals surface area contributed by atoms with Crippen molar-refractivity contribution in [3.63, 3.8) is 0 Å². The van der Waals surface area contributed by atoms with Crippen molar-refractivity contribution >= 4 is 0 Å². The van der Waals surface area contributed by atoms with Crippen LogP contribution in [-0.4, -0.2) is 60.5 Å². The van der Waals surface area contributed by atoms with Crippen molar-refractivity contribution in [2.75, 3.05) is 26.7 Å². The summed E-state index contributed by atoms with van der Waals surface area (Å²) in [7, 11) is 1.98. The van der Waals surface area contributed by atoms with E-state index in [1.165, 1.54) is 12.8 Å². The Kier molecular flexibility index (Phi) is 4.64. The molecule has 2 rings (SSSR count). The Morgan fingerprint density at radius 2 is 2.00 bits per heavy atom. The number of morpholine rings is 1. The summed E-state index contributed by atoms with van der Waals surface area (Å²) < 4.78 is 5.81. The van der Waals surface area contributed by atoms with E-state index in [2.05, 4.69) is 24.1 Å². The third-order valence-corrected chi connectivity index (χ3v) is 4.62. The lowest BCUT2D eigenvalue weighted by Crippen LogP contribution is -2.57. The molecule has 1 saturated carbocycles. The van der Waals surface area contributed by atoms with Gasteiger partial charge in [-0.05, 0) is 46.6 Å². The molecule has 0 aromatic carbocycles. The van der Waals surface area contributed by atoms with E-state index in [1.54, 1.807) is 0 Å². The van der Waals surface area contributed by atoms with Crippen molar-refractivity contribution in [1.82, 2.24) is 10.2 Å². The van der Waals surface area contributed by atoms with E-state index in [-0.39, 0.29) is 12.1 Å². The first-order chi connectivity index (χ1) is 8.58. The Morgan fingerprint density at radius 3 is 2.56 bits per heavy atom. The SMILES string of the molecule is CNC1(CO)CCCC(N2C[C@@H](C)O[C@@H](C)C2)C1. The number of nitrogens with one attached hydrogen (secondary N) is 1. The molecule has 4 nitrogen and oxygen atoms in total. The third-order valence-electron chi connectivity index (χ3n) is 4.62. The second-order valence-corrected chi connectivity index (χ2v) is 6.15. The number of nitrogens with zero attached hydrogens (tertiary/aromatic N) is 1. The second kappa shape index (κ2) is 5.87. The molecule has 0 spiro atoms. The highest BCUT2D eigenvalue weighted by Gasteiger charge is 2.38. The van der Waals surface area contributed by atoms with Crippen LogP contribution in [0.15, 0.2) is 0 Å². The Labute approximate surface area is 111 Å². The molecule has 0 radical (unpaired) electrons. The van der Waals surface area contributed by atoms with Gasteiger partial charge in [0.25, 0.3) is 0 Å². The number of likely N-dealkylation sites (N-methyl/N-ethyl adjacent to an activating group) is 1. The molecule has 4 heteroatoms. The summed E-state index contributed by atoms with van der Waals surface area (Å²) in [5, 5.41) is 13.0. The van der Waals surface area contributed by atoms with Crippen LogP contribution in [0.5, 0.6) is 0 Å². The lowest BCUT2D eigenvalue weighted by atomic mass is 9.78. The molecule has 0 bridgehead atoms. The predicted molar refractivity (Wildman–Crippen MR) is 72.7 cm³/mol. The summed E-state index contributed by atoms with van der Waals surface area (Å²) >= 11 is 0. The molecule has 0 aromatic rings. The fourth-order valence-electron chi connectivity index (χ4n) is 3.61. The van der Waals surface area contributed by atoms with Gasteiger partial charge in [-0.1, -0.05) is 0 Å². The van der Waals surface area contributed by atoms with Gasteiger partial charge in [-0.3, -0.25) is 4.90 Å². The van der Waals surface area contributed by atoms with Gasteiger partial charge in [0, 0.05) is 24.7 Å². The minimum Gasteiger partial charge on any atom is -0.394 e. The number of aliphatic hydroxyl groups excluding tert-OH is 1. The fraction of sp³-hybridized carbons (Fsp3) is 1.00.